The molecule has 1 aliphatic heterocycles. The topological polar surface area (TPSA) is 57.7 Å². The van der Waals surface area contributed by atoms with Gasteiger partial charge in [-0.15, -0.1) is 0 Å². The van der Waals surface area contributed by atoms with Crippen LogP contribution in [-0.2, 0) is 14.4 Å². The lowest BCUT2D eigenvalue weighted by molar-refractivity contribution is -0.152. The van der Waals surface area contributed by atoms with Crippen molar-refractivity contribution in [1.29, 1.82) is 0 Å². The third kappa shape index (κ3) is 2.91. The van der Waals surface area contributed by atoms with Gasteiger partial charge >= 0.3 is 0 Å². The number of allylic oxidation sites excluding steroid dienone is 2. The fourth-order valence-corrected chi connectivity index (χ4v) is 4.95. The maximum Gasteiger partial charge on any atom is 0.245 e. The minimum Gasteiger partial charge on any atom is -0.341 e. The highest BCUT2D eigenvalue weighted by molar-refractivity contribution is 6.09. The number of imide groups is 1. The number of rotatable bonds is 7. The molecule has 138 valence electrons. The zero-order valence-electron chi connectivity index (χ0n) is 15.6. The van der Waals surface area contributed by atoms with Crippen LogP contribution in [0.5, 0.6) is 0 Å². The molecule has 4 aliphatic rings. The van der Waals surface area contributed by atoms with Gasteiger partial charge in [0, 0.05) is 13.1 Å². The molecule has 1 saturated carbocycles. The van der Waals surface area contributed by atoms with Crippen molar-refractivity contribution in [3.05, 3.63) is 12.2 Å². The molecule has 4 rings (SSSR count). The summed E-state index contributed by atoms with van der Waals surface area (Å²) in [5.74, 6) is -0.401. The number of amides is 3. The summed E-state index contributed by atoms with van der Waals surface area (Å²) in [4.78, 5) is 42.4. The zero-order chi connectivity index (χ0) is 18.1. The van der Waals surface area contributed by atoms with E-state index in [-0.39, 0.29) is 41.4 Å². The van der Waals surface area contributed by atoms with Crippen LogP contribution in [0.3, 0.4) is 0 Å². The molecule has 25 heavy (non-hydrogen) atoms. The molecular formula is C20H30N2O3. The Balaban J connectivity index is 1.85. The van der Waals surface area contributed by atoms with E-state index in [0.29, 0.717) is 19.5 Å². The first-order chi connectivity index (χ1) is 12.0. The van der Waals surface area contributed by atoms with Gasteiger partial charge < -0.3 is 4.90 Å². The van der Waals surface area contributed by atoms with Crippen molar-refractivity contribution in [2.45, 2.75) is 58.9 Å². The van der Waals surface area contributed by atoms with E-state index in [0.717, 1.165) is 25.7 Å². The zero-order valence-corrected chi connectivity index (χ0v) is 15.6. The summed E-state index contributed by atoms with van der Waals surface area (Å²) < 4.78 is 0. The predicted octanol–water partition coefficient (Wildman–Crippen LogP) is 2.61. The highest BCUT2D eigenvalue weighted by Crippen LogP contribution is 2.50. The summed E-state index contributed by atoms with van der Waals surface area (Å²) in [5, 5.41) is 0. The predicted molar refractivity (Wildman–Crippen MR) is 95.4 cm³/mol. The Morgan fingerprint density at radius 1 is 1.04 bits per heavy atom. The van der Waals surface area contributed by atoms with Crippen molar-refractivity contribution in [2.24, 2.45) is 23.7 Å². The smallest absolute Gasteiger partial charge is 0.245 e. The summed E-state index contributed by atoms with van der Waals surface area (Å²) in [6, 6.07) is -0.636. The van der Waals surface area contributed by atoms with Crippen LogP contribution in [0.15, 0.2) is 12.2 Å². The van der Waals surface area contributed by atoms with E-state index in [2.05, 4.69) is 12.2 Å². The Hall–Kier alpha value is -1.65. The molecule has 0 aromatic rings. The molecule has 5 nitrogen and oxygen atoms in total. The highest BCUT2D eigenvalue weighted by Gasteiger charge is 2.58. The van der Waals surface area contributed by atoms with E-state index in [9.17, 15) is 14.4 Å². The normalized spacial score (nSPS) is 31.4. The lowest BCUT2D eigenvalue weighted by Gasteiger charge is -2.38. The van der Waals surface area contributed by atoms with E-state index in [4.69, 9.17) is 0 Å². The van der Waals surface area contributed by atoms with Crippen LogP contribution < -0.4 is 0 Å². The molecular weight excluding hydrogens is 316 g/mol. The molecule has 3 aliphatic carbocycles. The second kappa shape index (κ2) is 7.30. The van der Waals surface area contributed by atoms with E-state index in [1.54, 1.807) is 0 Å². The van der Waals surface area contributed by atoms with Gasteiger partial charge in [-0.05, 0) is 43.9 Å². The highest BCUT2D eigenvalue weighted by atomic mass is 16.2. The van der Waals surface area contributed by atoms with Crippen LogP contribution in [0.2, 0.25) is 0 Å². The van der Waals surface area contributed by atoms with Crippen LogP contribution in [0, 0.1) is 23.7 Å². The van der Waals surface area contributed by atoms with Crippen molar-refractivity contribution in [3.63, 3.8) is 0 Å². The summed E-state index contributed by atoms with van der Waals surface area (Å²) in [5.41, 5.74) is 0. The maximum atomic E-state index is 13.1. The third-order valence-electron chi connectivity index (χ3n) is 6.08. The molecule has 0 aromatic carbocycles. The second-order valence-corrected chi connectivity index (χ2v) is 7.64. The Bertz CT molecular complexity index is 547. The van der Waals surface area contributed by atoms with E-state index < -0.39 is 6.04 Å². The monoisotopic (exact) mass is 346 g/mol. The van der Waals surface area contributed by atoms with Gasteiger partial charge in [0.25, 0.3) is 0 Å². The molecule has 5 heteroatoms. The third-order valence-corrected chi connectivity index (χ3v) is 6.08. The number of hydrogen-bond donors (Lipinski definition) is 0. The van der Waals surface area contributed by atoms with Crippen LogP contribution >= 0.6 is 0 Å². The molecule has 5 unspecified atom stereocenters. The van der Waals surface area contributed by atoms with Gasteiger partial charge in [-0.25, -0.2) is 0 Å². The average Bonchev–Trinajstić information content (AvgIpc) is 2.90. The molecule has 0 spiro atoms. The number of likely N-dealkylation sites (tertiary alicyclic amines) is 1. The van der Waals surface area contributed by atoms with Crippen molar-refractivity contribution in [2.75, 3.05) is 13.1 Å². The number of carbonyl (C=O) groups excluding carboxylic acids is 3. The second-order valence-electron chi connectivity index (χ2n) is 7.64. The average molecular weight is 346 g/mol. The van der Waals surface area contributed by atoms with Gasteiger partial charge in [-0.2, -0.15) is 0 Å². The Labute approximate surface area is 150 Å². The summed E-state index contributed by atoms with van der Waals surface area (Å²) in [6.45, 7) is 7.34. The van der Waals surface area contributed by atoms with E-state index >= 15 is 0 Å². The fraction of sp³-hybridized carbons (Fsp3) is 0.750. The SMILES string of the molecule is CCCN(CCC)C(=O)C(CC)N1C(=O)C2C3C=CC(CC3)C2C1=O. The number of hydrogen-bond acceptors (Lipinski definition) is 3. The molecule has 2 fully saturated rings. The molecule has 1 saturated heterocycles. The van der Waals surface area contributed by atoms with Crippen LogP contribution in [0.4, 0.5) is 0 Å². The summed E-state index contributed by atoms with van der Waals surface area (Å²) in [6.07, 6.45) is 8.45. The quantitative estimate of drug-likeness (QED) is 0.526. The first-order valence-corrected chi connectivity index (χ1v) is 9.89. The lowest BCUT2D eigenvalue weighted by atomic mass is 9.63. The number of carbonyl (C=O) groups is 3. The van der Waals surface area contributed by atoms with Crippen LogP contribution in [0.25, 0.3) is 0 Å². The molecule has 3 amide bonds. The fourth-order valence-electron chi connectivity index (χ4n) is 4.95. The first-order valence-electron chi connectivity index (χ1n) is 9.89. The molecule has 0 N–H and O–H groups in total. The molecule has 0 aromatic heterocycles. The van der Waals surface area contributed by atoms with E-state index in [1.807, 2.05) is 25.7 Å². The van der Waals surface area contributed by atoms with Gasteiger partial charge in [0.1, 0.15) is 6.04 Å². The number of nitrogens with zero attached hydrogens (tertiary/aromatic N) is 2. The molecule has 0 radical (unpaired) electrons. The van der Waals surface area contributed by atoms with Gasteiger partial charge in [0.15, 0.2) is 0 Å². The standard InChI is InChI=1S/C20H30N2O3/c1-4-11-21(12-5-2)18(23)15(6-3)22-19(24)16-13-7-8-14(10-9-13)17(16)20(22)25/h7-8,13-17H,4-6,9-12H2,1-3H3. The minimum absolute atomic E-state index is 0.0631. The van der Waals surface area contributed by atoms with E-state index in [1.165, 1.54) is 4.90 Å². The van der Waals surface area contributed by atoms with Crippen LogP contribution in [0.1, 0.15) is 52.9 Å². The molecule has 1 heterocycles. The number of fused-ring (bicyclic) bond motifs is 1. The van der Waals surface area contributed by atoms with Crippen molar-refractivity contribution >= 4 is 17.7 Å². The summed E-state index contributed by atoms with van der Waals surface area (Å²) in [7, 11) is 0. The van der Waals surface area contributed by atoms with Gasteiger partial charge in [-0.1, -0.05) is 32.9 Å². The largest absolute Gasteiger partial charge is 0.341 e. The molecule has 2 bridgehead atoms. The Morgan fingerprint density at radius 3 is 1.88 bits per heavy atom. The van der Waals surface area contributed by atoms with Crippen molar-refractivity contribution in [3.8, 4) is 0 Å². The Kier molecular flexibility index (Phi) is 5.30. The Morgan fingerprint density at radius 2 is 1.52 bits per heavy atom. The molecule has 5 atom stereocenters. The maximum absolute atomic E-state index is 13.1. The van der Waals surface area contributed by atoms with Gasteiger partial charge in [-0.3, -0.25) is 19.3 Å². The van der Waals surface area contributed by atoms with Crippen molar-refractivity contribution < 1.29 is 14.4 Å². The summed E-state index contributed by atoms with van der Waals surface area (Å²) >= 11 is 0. The minimum atomic E-state index is -0.636. The first kappa shape index (κ1) is 18.2. The van der Waals surface area contributed by atoms with Crippen LogP contribution in [-0.4, -0.2) is 46.7 Å². The van der Waals surface area contributed by atoms with Crippen molar-refractivity contribution in [1.82, 2.24) is 9.80 Å². The van der Waals surface area contributed by atoms with Gasteiger partial charge in [0.2, 0.25) is 17.7 Å². The lowest BCUT2D eigenvalue weighted by Crippen LogP contribution is -2.51. The van der Waals surface area contributed by atoms with Gasteiger partial charge in [0.05, 0.1) is 11.8 Å².